The maximum absolute atomic E-state index is 2.41. The lowest BCUT2D eigenvalue weighted by atomic mass is 9.85. The summed E-state index contributed by atoms with van der Waals surface area (Å²) in [6.45, 7) is 0. The zero-order valence-corrected chi connectivity index (χ0v) is 32.6. The van der Waals surface area contributed by atoms with Crippen molar-refractivity contribution in [2.24, 2.45) is 0 Å². The third-order valence-corrected chi connectivity index (χ3v) is 11.3. The predicted molar refractivity (Wildman–Crippen MR) is 251 cm³/mol. The van der Waals surface area contributed by atoms with Crippen LogP contribution in [0.2, 0.25) is 0 Å². The van der Waals surface area contributed by atoms with Gasteiger partial charge in [0.25, 0.3) is 0 Å². The molecule has 1 heteroatoms. The molecule has 0 aliphatic carbocycles. The summed E-state index contributed by atoms with van der Waals surface area (Å²) in [6.07, 6.45) is 0. The molecule has 0 aromatic heterocycles. The highest BCUT2D eigenvalue weighted by Crippen LogP contribution is 2.47. The van der Waals surface area contributed by atoms with Crippen molar-refractivity contribution < 1.29 is 0 Å². The molecule has 0 heterocycles. The summed E-state index contributed by atoms with van der Waals surface area (Å²) < 4.78 is 0. The van der Waals surface area contributed by atoms with E-state index in [1.807, 2.05) is 0 Å². The molecule has 0 unspecified atom stereocenters. The van der Waals surface area contributed by atoms with Gasteiger partial charge in [0.2, 0.25) is 0 Å². The number of anilines is 3. The Morgan fingerprint density at radius 1 is 0.220 bits per heavy atom. The van der Waals surface area contributed by atoms with Gasteiger partial charge in [0.05, 0.1) is 5.69 Å². The summed E-state index contributed by atoms with van der Waals surface area (Å²) in [4.78, 5) is 2.39. The van der Waals surface area contributed by atoms with Crippen LogP contribution in [0.25, 0.3) is 77.5 Å². The molecule has 0 atom stereocenters. The summed E-state index contributed by atoms with van der Waals surface area (Å²) in [5.41, 5.74) is 17.5. The van der Waals surface area contributed by atoms with Crippen molar-refractivity contribution in [3.8, 4) is 66.8 Å². The SMILES string of the molecule is c1ccc(-c2cc(-c3ccccc3)c(-c3ccc(N(c4ccccc4)c4ccc(-c5cccc6ccccc56)cc4)c(-c4ccccc4)c3)cc2-c2ccccc2)cc1. The van der Waals surface area contributed by atoms with Crippen molar-refractivity contribution >= 4 is 27.8 Å². The lowest BCUT2D eigenvalue weighted by Crippen LogP contribution is -2.11. The van der Waals surface area contributed by atoms with E-state index in [1.54, 1.807) is 0 Å². The molecule has 1 nitrogen and oxygen atoms in total. The van der Waals surface area contributed by atoms with Crippen LogP contribution >= 0.6 is 0 Å². The summed E-state index contributed by atoms with van der Waals surface area (Å²) in [6, 6.07) is 89.9. The Balaban J connectivity index is 1.18. The Morgan fingerprint density at radius 2 is 0.610 bits per heavy atom. The number of rotatable bonds is 9. The minimum Gasteiger partial charge on any atom is -0.310 e. The van der Waals surface area contributed by atoms with Gasteiger partial charge >= 0.3 is 0 Å². The number of benzene rings is 10. The van der Waals surface area contributed by atoms with Crippen LogP contribution in [0.15, 0.2) is 249 Å². The fourth-order valence-corrected chi connectivity index (χ4v) is 8.43. The molecule has 278 valence electrons. The van der Waals surface area contributed by atoms with Crippen molar-refractivity contribution in [1.29, 1.82) is 0 Å². The summed E-state index contributed by atoms with van der Waals surface area (Å²) in [5, 5.41) is 2.50. The normalized spacial score (nSPS) is 11.1. The molecule has 0 amide bonds. The number of hydrogen-bond donors (Lipinski definition) is 0. The second-order valence-electron chi connectivity index (χ2n) is 14.9. The van der Waals surface area contributed by atoms with E-state index in [2.05, 4.69) is 254 Å². The van der Waals surface area contributed by atoms with Crippen LogP contribution < -0.4 is 4.90 Å². The molecule has 0 spiro atoms. The zero-order valence-electron chi connectivity index (χ0n) is 32.6. The van der Waals surface area contributed by atoms with Gasteiger partial charge in [0.1, 0.15) is 0 Å². The first-order chi connectivity index (χ1) is 29.3. The first-order valence-electron chi connectivity index (χ1n) is 20.3. The van der Waals surface area contributed by atoms with Crippen LogP contribution in [-0.4, -0.2) is 0 Å². The molecular formula is C58H41N. The smallest absolute Gasteiger partial charge is 0.0540 e. The van der Waals surface area contributed by atoms with Crippen molar-refractivity contribution in [1.82, 2.24) is 0 Å². The van der Waals surface area contributed by atoms with E-state index in [9.17, 15) is 0 Å². The topological polar surface area (TPSA) is 3.24 Å². The zero-order chi connectivity index (χ0) is 39.4. The molecule has 0 aliphatic heterocycles. The Labute approximate surface area is 346 Å². The maximum atomic E-state index is 2.41. The largest absolute Gasteiger partial charge is 0.310 e. The van der Waals surface area contributed by atoms with E-state index in [0.717, 1.165) is 33.8 Å². The van der Waals surface area contributed by atoms with Crippen LogP contribution in [0.4, 0.5) is 17.1 Å². The monoisotopic (exact) mass is 751 g/mol. The lowest BCUT2D eigenvalue weighted by Gasteiger charge is -2.29. The Bertz CT molecular complexity index is 2990. The molecule has 0 saturated heterocycles. The summed E-state index contributed by atoms with van der Waals surface area (Å²) in [7, 11) is 0. The molecule has 59 heavy (non-hydrogen) atoms. The number of para-hydroxylation sites is 1. The van der Waals surface area contributed by atoms with Gasteiger partial charge in [-0.25, -0.2) is 0 Å². The molecular weight excluding hydrogens is 711 g/mol. The van der Waals surface area contributed by atoms with Crippen molar-refractivity contribution in [3.05, 3.63) is 249 Å². The van der Waals surface area contributed by atoms with Gasteiger partial charge < -0.3 is 4.90 Å². The van der Waals surface area contributed by atoms with Gasteiger partial charge in [-0.1, -0.05) is 200 Å². The Hall–Kier alpha value is -7.74. The van der Waals surface area contributed by atoms with E-state index in [1.165, 1.54) is 60.8 Å². The molecule has 10 aromatic rings. The van der Waals surface area contributed by atoms with E-state index in [-0.39, 0.29) is 0 Å². The number of hydrogen-bond acceptors (Lipinski definition) is 1. The Kier molecular flexibility index (Phi) is 9.68. The van der Waals surface area contributed by atoms with E-state index in [0.29, 0.717) is 0 Å². The van der Waals surface area contributed by atoms with E-state index >= 15 is 0 Å². The van der Waals surface area contributed by atoms with Crippen LogP contribution in [0.5, 0.6) is 0 Å². The van der Waals surface area contributed by atoms with Crippen molar-refractivity contribution in [2.75, 3.05) is 4.90 Å². The third-order valence-electron chi connectivity index (χ3n) is 11.3. The van der Waals surface area contributed by atoms with E-state index in [4.69, 9.17) is 0 Å². The third kappa shape index (κ3) is 7.12. The lowest BCUT2D eigenvalue weighted by molar-refractivity contribution is 1.28. The molecule has 0 bridgehead atoms. The van der Waals surface area contributed by atoms with Crippen LogP contribution in [0, 0.1) is 0 Å². The molecule has 10 rings (SSSR count). The van der Waals surface area contributed by atoms with Gasteiger partial charge in [0.15, 0.2) is 0 Å². The Morgan fingerprint density at radius 3 is 1.15 bits per heavy atom. The number of nitrogens with zero attached hydrogens (tertiary/aromatic N) is 1. The highest BCUT2D eigenvalue weighted by Gasteiger charge is 2.21. The minimum absolute atomic E-state index is 1.09. The standard InChI is InChI=1S/C58H41N/c1-6-19-43(20-7-1)53-40-55(45-23-10-3-11-24-45)56(41-54(53)44-21-8-2-9-22-44)48-35-38-58(57(39-48)46-25-12-4-13-26-46)59(49-29-14-5-15-30-49)50-36-33-47(34-37-50)52-32-18-28-42-27-16-17-31-51(42)52/h1-41H. The van der Waals surface area contributed by atoms with Gasteiger partial charge in [-0.05, 0) is 121 Å². The predicted octanol–water partition coefficient (Wildman–Crippen LogP) is 16.3. The van der Waals surface area contributed by atoms with Gasteiger partial charge in [-0.3, -0.25) is 0 Å². The molecule has 0 aliphatic rings. The van der Waals surface area contributed by atoms with Crippen LogP contribution in [-0.2, 0) is 0 Å². The van der Waals surface area contributed by atoms with E-state index < -0.39 is 0 Å². The molecule has 10 aromatic carbocycles. The molecule has 0 fully saturated rings. The van der Waals surface area contributed by atoms with Crippen molar-refractivity contribution in [2.45, 2.75) is 0 Å². The second-order valence-corrected chi connectivity index (χ2v) is 14.9. The van der Waals surface area contributed by atoms with Crippen molar-refractivity contribution in [3.63, 3.8) is 0 Å². The highest BCUT2D eigenvalue weighted by atomic mass is 15.1. The fourth-order valence-electron chi connectivity index (χ4n) is 8.43. The summed E-state index contributed by atoms with van der Waals surface area (Å²) in [5.74, 6) is 0. The fraction of sp³-hybridized carbons (Fsp3) is 0. The average molecular weight is 752 g/mol. The van der Waals surface area contributed by atoms with Crippen LogP contribution in [0.1, 0.15) is 0 Å². The first-order valence-corrected chi connectivity index (χ1v) is 20.3. The average Bonchev–Trinajstić information content (AvgIpc) is 3.33. The molecule has 0 N–H and O–H groups in total. The highest BCUT2D eigenvalue weighted by molar-refractivity contribution is 5.99. The van der Waals surface area contributed by atoms with Gasteiger partial charge in [0, 0.05) is 16.9 Å². The molecule has 0 saturated carbocycles. The van der Waals surface area contributed by atoms with Gasteiger partial charge in [-0.15, -0.1) is 0 Å². The quantitative estimate of drug-likeness (QED) is 0.142. The molecule has 0 radical (unpaired) electrons. The first kappa shape index (κ1) is 35.7. The minimum atomic E-state index is 1.09. The number of fused-ring (bicyclic) bond motifs is 1. The second kappa shape index (κ2) is 16.0. The summed E-state index contributed by atoms with van der Waals surface area (Å²) >= 11 is 0. The maximum Gasteiger partial charge on any atom is 0.0540 e. The van der Waals surface area contributed by atoms with Gasteiger partial charge in [-0.2, -0.15) is 0 Å². The van der Waals surface area contributed by atoms with Crippen LogP contribution in [0.3, 0.4) is 0 Å².